The van der Waals surface area contributed by atoms with E-state index in [1.54, 1.807) is 42.5 Å². The number of methoxy groups -OCH3 is 1. The summed E-state index contributed by atoms with van der Waals surface area (Å²) in [5.41, 5.74) is 2.41. The van der Waals surface area contributed by atoms with Crippen LogP contribution in [0.25, 0.3) is 0 Å². The number of sulfonamides is 1. The number of nitrogens with zero attached hydrogens (tertiary/aromatic N) is 1. The Morgan fingerprint density at radius 1 is 0.969 bits per heavy atom. The van der Waals surface area contributed by atoms with Crippen LogP contribution in [0.3, 0.4) is 0 Å². The zero-order valence-corrected chi connectivity index (χ0v) is 19.3. The van der Waals surface area contributed by atoms with Crippen molar-refractivity contribution >= 4 is 21.6 Å². The molecule has 1 atom stereocenters. The lowest BCUT2D eigenvalue weighted by Crippen LogP contribution is -2.42. The van der Waals surface area contributed by atoms with E-state index in [1.807, 2.05) is 38.1 Å². The smallest absolute Gasteiger partial charge is 0.264 e. The lowest BCUT2D eigenvalue weighted by Gasteiger charge is -2.27. The van der Waals surface area contributed by atoms with Crippen LogP contribution < -0.4 is 14.4 Å². The first-order valence-corrected chi connectivity index (χ1v) is 11.9. The predicted octanol–water partition coefficient (Wildman–Crippen LogP) is 4.47. The van der Waals surface area contributed by atoms with Crippen LogP contribution in [-0.4, -0.2) is 28.0 Å². The van der Waals surface area contributed by atoms with Gasteiger partial charge in [0.05, 0.1) is 23.7 Å². The third-order valence-electron chi connectivity index (χ3n) is 5.20. The van der Waals surface area contributed by atoms with Crippen molar-refractivity contribution in [1.29, 1.82) is 0 Å². The van der Waals surface area contributed by atoms with Gasteiger partial charge in [0, 0.05) is 0 Å². The fourth-order valence-corrected chi connectivity index (χ4v) is 4.90. The van der Waals surface area contributed by atoms with E-state index >= 15 is 0 Å². The van der Waals surface area contributed by atoms with Gasteiger partial charge in [-0.3, -0.25) is 9.10 Å². The van der Waals surface area contributed by atoms with Gasteiger partial charge in [-0.1, -0.05) is 67.1 Å². The molecule has 0 aliphatic rings. The van der Waals surface area contributed by atoms with E-state index in [0.29, 0.717) is 17.9 Å². The van der Waals surface area contributed by atoms with Gasteiger partial charge in [0.2, 0.25) is 5.91 Å². The van der Waals surface area contributed by atoms with Crippen LogP contribution in [0.2, 0.25) is 0 Å². The van der Waals surface area contributed by atoms with Crippen LogP contribution in [-0.2, 0) is 14.8 Å². The number of aryl methyl sites for hydroxylation is 1. The average molecular weight is 453 g/mol. The molecule has 0 fully saturated rings. The normalized spacial score (nSPS) is 12.1. The summed E-state index contributed by atoms with van der Waals surface area (Å²) in [6, 6.07) is 22.5. The van der Waals surface area contributed by atoms with Gasteiger partial charge in [-0.05, 0) is 43.2 Å². The van der Waals surface area contributed by atoms with Crippen molar-refractivity contribution in [1.82, 2.24) is 5.32 Å². The summed E-state index contributed by atoms with van der Waals surface area (Å²) < 4.78 is 33.5. The van der Waals surface area contributed by atoms with Crippen LogP contribution in [0.1, 0.15) is 30.5 Å². The monoisotopic (exact) mass is 452 g/mol. The molecule has 1 N–H and O–H groups in total. The van der Waals surface area contributed by atoms with Gasteiger partial charge in [0.15, 0.2) is 0 Å². The highest BCUT2D eigenvalue weighted by atomic mass is 32.2. The van der Waals surface area contributed by atoms with Gasteiger partial charge in [0.1, 0.15) is 12.3 Å². The third-order valence-corrected chi connectivity index (χ3v) is 6.97. The Balaban J connectivity index is 1.93. The van der Waals surface area contributed by atoms with Crippen LogP contribution in [0.4, 0.5) is 5.69 Å². The second kappa shape index (κ2) is 10.3. The first-order chi connectivity index (χ1) is 15.4. The predicted molar refractivity (Wildman–Crippen MR) is 126 cm³/mol. The molecule has 0 aliphatic heterocycles. The maximum Gasteiger partial charge on any atom is 0.264 e. The van der Waals surface area contributed by atoms with Crippen LogP contribution in [0.5, 0.6) is 5.75 Å². The van der Waals surface area contributed by atoms with Crippen LogP contribution in [0, 0.1) is 6.92 Å². The number of rotatable bonds is 9. The molecule has 0 radical (unpaired) electrons. The van der Waals surface area contributed by atoms with E-state index in [9.17, 15) is 13.2 Å². The largest absolute Gasteiger partial charge is 0.495 e. The van der Waals surface area contributed by atoms with Crippen molar-refractivity contribution in [2.45, 2.75) is 31.2 Å². The highest BCUT2D eigenvalue weighted by molar-refractivity contribution is 7.92. The molecule has 7 heteroatoms. The maximum atomic E-state index is 13.5. The van der Waals surface area contributed by atoms with Gasteiger partial charge in [-0.25, -0.2) is 8.42 Å². The number of para-hydroxylation sites is 2. The zero-order valence-electron chi connectivity index (χ0n) is 18.5. The standard InChI is InChI=1S/C25H28N2O4S/c1-4-22(20-16-14-19(2)15-17-20)26-25(28)18-27(23-12-8-9-13-24(23)31-3)32(29,30)21-10-6-5-7-11-21/h5-17,22H,4,18H2,1-3H3,(H,26,28). The van der Waals surface area contributed by atoms with E-state index < -0.39 is 15.9 Å². The molecule has 6 nitrogen and oxygen atoms in total. The molecule has 3 aromatic carbocycles. The Kier molecular flexibility index (Phi) is 7.53. The molecule has 0 spiro atoms. The van der Waals surface area contributed by atoms with Crippen molar-refractivity contribution in [2.24, 2.45) is 0 Å². The number of amides is 1. The van der Waals surface area contributed by atoms with Gasteiger partial charge in [-0.2, -0.15) is 0 Å². The summed E-state index contributed by atoms with van der Waals surface area (Å²) in [6.07, 6.45) is 0.675. The fourth-order valence-electron chi connectivity index (χ4n) is 3.45. The van der Waals surface area contributed by atoms with E-state index in [4.69, 9.17) is 4.74 Å². The quantitative estimate of drug-likeness (QED) is 0.520. The first kappa shape index (κ1) is 23.3. The number of carbonyl (C=O) groups is 1. The topological polar surface area (TPSA) is 75.7 Å². The lowest BCUT2D eigenvalue weighted by atomic mass is 10.0. The minimum Gasteiger partial charge on any atom is -0.495 e. The number of hydrogen-bond acceptors (Lipinski definition) is 4. The molecule has 32 heavy (non-hydrogen) atoms. The van der Waals surface area contributed by atoms with Crippen LogP contribution >= 0.6 is 0 Å². The summed E-state index contributed by atoms with van der Waals surface area (Å²) in [4.78, 5) is 13.2. The SMILES string of the molecule is CCC(NC(=O)CN(c1ccccc1OC)S(=O)(=O)c1ccccc1)c1ccc(C)cc1. The summed E-state index contributed by atoms with van der Waals surface area (Å²) in [7, 11) is -2.53. The Bertz CT molecular complexity index is 1150. The van der Waals surface area contributed by atoms with Crippen molar-refractivity contribution in [3.8, 4) is 5.75 Å². The van der Waals surface area contributed by atoms with E-state index in [0.717, 1.165) is 15.4 Å². The molecule has 3 rings (SSSR count). The number of benzene rings is 3. The van der Waals surface area contributed by atoms with Gasteiger partial charge < -0.3 is 10.1 Å². The molecule has 0 heterocycles. The minimum atomic E-state index is -4.00. The summed E-state index contributed by atoms with van der Waals surface area (Å²) in [5.74, 6) is -0.0341. The molecule has 168 valence electrons. The van der Waals surface area contributed by atoms with E-state index in [2.05, 4.69) is 5.32 Å². The van der Waals surface area contributed by atoms with Crippen molar-refractivity contribution in [3.63, 3.8) is 0 Å². The number of nitrogens with one attached hydrogen (secondary N) is 1. The van der Waals surface area contributed by atoms with Crippen molar-refractivity contribution in [2.75, 3.05) is 18.0 Å². The second-order valence-electron chi connectivity index (χ2n) is 7.44. The number of carbonyl (C=O) groups excluding carboxylic acids is 1. The molecule has 0 aromatic heterocycles. The molecule has 0 bridgehead atoms. The Morgan fingerprint density at radius 2 is 1.59 bits per heavy atom. The Morgan fingerprint density at radius 3 is 2.22 bits per heavy atom. The molecule has 0 aliphatic carbocycles. The van der Waals surface area contributed by atoms with E-state index in [1.165, 1.54) is 19.2 Å². The highest BCUT2D eigenvalue weighted by Crippen LogP contribution is 2.32. The number of anilines is 1. The summed E-state index contributed by atoms with van der Waals surface area (Å²) in [5, 5.41) is 2.98. The van der Waals surface area contributed by atoms with Crippen LogP contribution in [0.15, 0.2) is 83.8 Å². The molecule has 1 unspecified atom stereocenters. The Labute approximate surface area is 189 Å². The fraction of sp³-hybridized carbons (Fsp3) is 0.240. The second-order valence-corrected chi connectivity index (χ2v) is 9.30. The average Bonchev–Trinajstić information content (AvgIpc) is 2.82. The minimum absolute atomic E-state index is 0.101. The van der Waals surface area contributed by atoms with Gasteiger partial charge in [0.25, 0.3) is 10.0 Å². The number of ether oxygens (including phenoxy) is 1. The van der Waals surface area contributed by atoms with Gasteiger partial charge >= 0.3 is 0 Å². The zero-order chi connectivity index (χ0) is 23.1. The molecular formula is C25H28N2O4S. The molecule has 3 aromatic rings. The Hall–Kier alpha value is -3.32. The molecule has 0 saturated carbocycles. The summed E-state index contributed by atoms with van der Waals surface area (Å²) in [6.45, 7) is 3.60. The summed E-state index contributed by atoms with van der Waals surface area (Å²) >= 11 is 0. The van der Waals surface area contributed by atoms with Crippen molar-refractivity contribution < 1.29 is 17.9 Å². The highest BCUT2D eigenvalue weighted by Gasteiger charge is 2.29. The molecule has 1 amide bonds. The first-order valence-electron chi connectivity index (χ1n) is 10.4. The van der Waals surface area contributed by atoms with E-state index in [-0.39, 0.29) is 17.5 Å². The number of hydrogen-bond donors (Lipinski definition) is 1. The van der Waals surface area contributed by atoms with Gasteiger partial charge in [-0.15, -0.1) is 0 Å². The molecule has 0 saturated heterocycles. The lowest BCUT2D eigenvalue weighted by molar-refractivity contribution is -0.120. The molecular weight excluding hydrogens is 424 g/mol. The maximum absolute atomic E-state index is 13.5. The third kappa shape index (κ3) is 5.29. The van der Waals surface area contributed by atoms with Crippen molar-refractivity contribution in [3.05, 3.63) is 90.0 Å².